The van der Waals surface area contributed by atoms with Crippen molar-refractivity contribution in [2.24, 2.45) is 0 Å². The second kappa shape index (κ2) is 8.44. The summed E-state index contributed by atoms with van der Waals surface area (Å²) in [6.07, 6.45) is 1.91. The van der Waals surface area contributed by atoms with Gasteiger partial charge in [0.05, 0.1) is 13.7 Å². The normalized spacial score (nSPS) is 19.1. The molecule has 1 aliphatic rings. The number of carbonyl (C=O) groups excluding carboxylic acids is 1. The Morgan fingerprint density at radius 2 is 1.96 bits per heavy atom. The molecule has 2 aromatic carbocycles. The predicted molar refractivity (Wildman–Crippen MR) is 107 cm³/mol. The Bertz CT molecular complexity index is 775. The summed E-state index contributed by atoms with van der Waals surface area (Å²) in [7, 11) is 1.64. The Morgan fingerprint density at radius 1 is 1.22 bits per heavy atom. The number of hydrogen-bond acceptors (Lipinski definition) is 4. The fraction of sp³-hybridized carbons (Fsp3) is 0.409. The summed E-state index contributed by atoms with van der Waals surface area (Å²) >= 11 is 0. The zero-order valence-electron chi connectivity index (χ0n) is 16.3. The second-order valence-corrected chi connectivity index (χ2v) is 7.30. The molecular weight excluding hydrogens is 340 g/mol. The number of phenolic OH excluding ortho intramolecular Hbond substituents is 1. The fourth-order valence-electron chi connectivity index (χ4n) is 3.70. The van der Waals surface area contributed by atoms with Crippen LogP contribution in [0.15, 0.2) is 48.5 Å². The van der Waals surface area contributed by atoms with Crippen molar-refractivity contribution in [2.75, 3.05) is 25.1 Å². The van der Waals surface area contributed by atoms with Crippen LogP contribution in [0.25, 0.3) is 0 Å². The molecule has 0 aliphatic carbocycles. The Morgan fingerprint density at radius 3 is 2.63 bits per heavy atom. The average molecular weight is 368 g/mol. The van der Waals surface area contributed by atoms with Crippen LogP contribution < -0.4 is 9.64 Å². The van der Waals surface area contributed by atoms with Gasteiger partial charge in [-0.3, -0.25) is 9.69 Å². The number of amides is 1. The van der Waals surface area contributed by atoms with Crippen molar-refractivity contribution in [3.8, 4) is 11.5 Å². The number of nitrogens with zero attached hydrogens (tertiary/aromatic N) is 2. The van der Waals surface area contributed by atoms with Gasteiger partial charge in [-0.1, -0.05) is 18.2 Å². The Kier molecular flexibility index (Phi) is 6.01. The summed E-state index contributed by atoms with van der Waals surface area (Å²) in [5, 5.41) is 9.39. The minimum Gasteiger partial charge on any atom is -0.508 e. The molecule has 0 spiro atoms. The Labute approximate surface area is 161 Å². The van der Waals surface area contributed by atoms with Gasteiger partial charge in [-0.2, -0.15) is 0 Å². The smallest absolute Gasteiger partial charge is 0.241 e. The lowest BCUT2D eigenvalue weighted by Gasteiger charge is -2.42. The van der Waals surface area contributed by atoms with Crippen LogP contribution in [0.3, 0.4) is 0 Å². The zero-order chi connectivity index (χ0) is 19.4. The van der Waals surface area contributed by atoms with Crippen LogP contribution in [0.5, 0.6) is 11.5 Å². The van der Waals surface area contributed by atoms with Crippen molar-refractivity contribution in [1.29, 1.82) is 0 Å². The van der Waals surface area contributed by atoms with E-state index in [1.165, 1.54) is 5.56 Å². The highest BCUT2D eigenvalue weighted by Gasteiger charge is 2.32. The molecule has 1 fully saturated rings. The molecular formula is C22H28N2O3. The van der Waals surface area contributed by atoms with Crippen molar-refractivity contribution in [3.05, 3.63) is 54.1 Å². The number of aryl methyl sites for hydroxylation is 1. The molecule has 1 heterocycles. The maximum atomic E-state index is 12.8. The van der Waals surface area contributed by atoms with Crippen LogP contribution in [0.4, 0.5) is 5.69 Å². The number of methoxy groups -OCH3 is 1. The molecule has 0 unspecified atom stereocenters. The number of rotatable bonds is 6. The molecule has 0 bridgehead atoms. The molecule has 144 valence electrons. The first-order chi connectivity index (χ1) is 13.0. The number of ether oxygens (including phenoxy) is 1. The van der Waals surface area contributed by atoms with Crippen LogP contribution in [-0.2, 0) is 11.2 Å². The molecule has 5 heteroatoms. The molecule has 27 heavy (non-hydrogen) atoms. The molecule has 2 atom stereocenters. The van der Waals surface area contributed by atoms with Gasteiger partial charge >= 0.3 is 0 Å². The van der Waals surface area contributed by atoms with E-state index in [1.807, 2.05) is 41.3 Å². The third-order valence-electron chi connectivity index (χ3n) is 5.29. The standard InChI is InChI=1S/C22H28N2O3/c1-16(7-8-18-9-11-20(25)12-10-18)23-14-17(2)24(22(26)15-23)19-5-4-6-21(13-19)27-3/h4-6,9-13,16-17,25H,7-8,14-15H2,1-3H3/t16-,17+/m1/s1. The molecule has 1 aliphatic heterocycles. The first-order valence-electron chi connectivity index (χ1n) is 9.46. The number of phenols is 1. The molecule has 3 rings (SSSR count). The summed E-state index contributed by atoms with van der Waals surface area (Å²) < 4.78 is 5.29. The zero-order valence-corrected chi connectivity index (χ0v) is 16.3. The van der Waals surface area contributed by atoms with Gasteiger partial charge in [-0.05, 0) is 56.5 Å². The minimum absolute atomic E-state index is 0.106. The van der Waals surface area contributed by atoms with E-state index in [0.717, 1.165) is 30.8 Å². The molecule has 2 aromatic rings. The highest BCUT2D eigenvalue weighted by molar-refractivity contribution is 5.96. The fourth-order valence-corrected chi connectivity index (χ4v) is 3.70. The van der Waals surface area contributed by atoms with Gasteiger partial charge in [0.15, 0.2) is 0 Å². The largest absolute Gasteiger partial charge is 0.508 e. The van der Waals surface area contributed by atoms with Gasteiger partial charge in [0, 0.05) is 30.4 Å². The number of aromatic hydroxyl groups is 1. The Balaban J connectivity index is 1.61. The quantitative estimate of drug-likeness (QED) is 0.848. The molecule has 1 N–H and O–H groups in total. The molecule has 5 nitrogen and oxygen atoms in total. The van der Waals surface area contributed by atoms with Crippen molar-refractivity contribution < 1.29 is 14.6 Å². The van der Waals surface area contributed by atoms with Gasteiger partial charge in [0.1, 0.15) is 11.5 Å². The van der Waals surface area contributed by atoms with Crippen LogP contribution >= 0.6 is 0 Å². The molecule has 1 amide bonds. The van der Waals surface area contributed by atoms with E-state index in [9.17, 15) is 9.90 Å². The second-order valence-electron chi connectivity index (χ2n) is 7.30. The number of anilines is 1. The first kappa shape index (κ1) is 19.2. The van der Waals surface area contributed by atoms with E-state index >= 15 is 0 Å². The molecule has 0 saturated carbocycles. The van der Waals surface area contributed by atoms with Gasteiger partial charge in [0.2, 0.25) is 5.91 Å². The van der Waals surface area contributed by atoms with Crippen LogP contribution in [-0.4, -0.2) is 48.2 Å². The summed E-state index contributed by atoms with van der Waals surface area (Å²) in [6, 6.07) is 15.5. The summed E-state index contributed by atoms with van der Waals surface area (Å²) in [5.74, 6) is 1.18. The van der Waals surface area contributed by atoms with E-state index < -0.39 is 0 Å². The van der Waals surface area contributed by atoms with Crippen molar-refractivity contribution in [2.45, 2.75) is 38.8 Å². The first-order valence-corrected chi connectivity index (χ1v) is 9.46. The topological polar surface area (TPSA) is 53.0 Å². The average Bonchev–Trinajstić information content (AvgIpc) is 2.67. The van der Waals surface area contributed by atoms with Gasteiger partial charge in [-0.15, -0.1) is 0 Å². The maximum Gasteiger partial charge on any atom is 0.241 e. The van der Waals surface area contributed by atoms with Crippen LogP contribution in [0, 0.1) is 0 Å². The van der Waals surface area contributed by atoms with E-state index in [2.05, 4.69) is 18.7 Å². The Hall–Kier alpha value is -2.53. The molecule has 0 radical (unpaired) electrons. The van der Waals surface area contributed by atoms with Crippen LogP contribution in [0.1, 0.15) is 25.8 Å². The van der Waals surface area contributed by atoms with Crippen molar-refractivity contribution >= 4 is 11.6 Å². The van der Waals surface area contributed by atoms with Gasteiger partial charge in [-0.25, -0.2) is 0 Å². The predicted octanol–water partition coefficient (Wildman–Crippen LogP) is 3.46. The van der Waals surface area contributed by atoms with E-state index in [-0.39, 0.29) is 11.9 Å². The number of hydrogen-bond donors (Lipinski definition) is 1. The highest BCUT2D eigenvalue weighted by Crippen LogP contribution is 2.26. The summed E-state index contributed by atoms with van der Waals surface area (Å²) in [4.78, 5) is 17.0. The lowest BCUT2D eigenvalue weighted by Crippen LogP contribution is -2.57. The van der Waals surface area contributed by atoms with E-state index in [0.29, 0.717) is 18.3 Å². The van der Waals surface area contributed by atoms with Gasteiger partial charge < -0.3 is 14.7 Å². The van der Waals surface area contributed by atoms with E-state index in [1.54, 1.807) is 19.2 Å². The third kappa shape index (κ3) is 4.61. The SMILES string of the molecule is COc1cccc(N2C(=O)CN([C@H](C)CCc3ccc(O)cc3)C[C@@H]2C)c1. The highest BCUT2D eigenvalue weighted by atomic mass is 16.5. The number of benzene rings is 2. The lowest BCUT2D eigenvalue weighted by molar-refractivity contribution is -0.122. The van der Waals surface area contributed by atoms with Crippen LogP contribution in [0.2, 0.25) is 0 Å². The molecule has 0 aromatic heterocycles. The summed E-state index contributed by atoms with van der Waals surface area (Å²) in [6.45, 7) is 5.55. The lowest BCUT2D eigenvalue weighted by atomic mass is 10.0. The monoisotopic (exact) mass is 368 g/mol. The van der Waals surface area contributed by atoms with E-state index in [4.69, 9.17) is 4.74 Å². The van der Waals surface area contributed by atoms with Gasteiger partial charge in [0.25, 0.3) is 0 Å². The molecule has 1 saturated heterocycles. The minimum atomic E-state index is 0.106. The number of carbonyl (C=O) groups is 1. The summed E-state index contributed by atoms with van der Waals surface area (Å²) in [5.41, 5.74) is 2.09. The van der Waals surface area contributed by atoms with Crippen molar-refractivity contribution in [1.82, 2.24) is 4.90 Å². The number of piperazine rings is 1. The van der Waals surface area contributed by atoms with Crippen molar-refractivity contribution in [3.63, 3.8) is 0 Å². The third-order valence-corrected chi connectivity index (χ3v) is 5.29. The maximum absolute atomic E-state index is 12.8.